The topological polar surface area (TPSA) is 80.2 Å². The van der Waals surface area contributed by atoms with E-state index >= 15 is 0 Å². The second-order valence-electron chi connectivity index (χ2n) is 8.59. The number of rotatable bonds is 8. The first-order chi connectivity index (χ1) is 18.7. The fourth-order valence-corrected chi connectivity index (χ4v) is 5.07. The molecule has 1 aliphatic rings. The molecule has 3 aromatic rings. The fraction of sp³-hybridized carbons (Fsp3) is 0.250. The summed E-state index contributed by atoms with van der Waals surface area (Å²) in [4.78, 5) is 32.0. The molecule has 1 fully saturated rings. The van der Waals surface area contributed by atoms with E-state index in [-0.39, 0.29) is 29.7 Å². The summed E-state index contributed by atoms with van der Waals surface area (Å²) in [6.45, 7) is 0.201. The molecular formula is C28H26F3N3O4S. The van der Waals surface area contributed by atoms with Crippen molar-refractivity contribution in [3.8, 4) is 11.5 Å². The fourth-order valence-electron chi connectivity index (χ4n) is 3.94. The van der Waals surface area contributed by atoms with Gasteiger partial charge in [-0.15, -0.1) is 0 Å². The Kier molecular flexibility index (Phi) is 8.80. The molecular weight excluding hydrogens is 531 g/mol. The van der Waals surface area contributed by atoms with E-state index in [1.807, 2.05) is 12.1 Å². The van der Waals surface area contributed by atoms with Gasteiger partial charge in [-0.2, -0.15) is 13.2 Å². The number of thioether (sulfide) groups is 1. The number of ether oxygens (including phenoxy) is 2. The van der Waals surface area contributed by atoms with Crippen LogP contribution in [0.4, 0.5) is 24.5 Å². The van der Waals surface area contributed by atoms with Crippen molar-refractivity contribution in [2.24, 2.45) is 4.99 Å². The number of benzene rings is 3. The summed E-state index contributed by atoms with van der Waals surface area (Å²) in [5.41, 5.74) is 0.600. The molecule has 1 saturated heterocycles. The van der Waals surface area contributed by atoms with Crippen LogP contribution in [0.1, 0.15) is 17.5 Å². The van der Waals surface area contributed by atoms with Gasteiger partial charge in [0.25, 0.3) is 0 Å². The molecule has 3 aromatic carbocycles. The van der Waals surface area contributed by atoms with Gasteiger partial charge in [0, 0.05) is 18.7 Å². The Bertz CT molecular complexity index is 1370. The molecule has 0 unspecified atom stereocenters. The van der Waals surface area contributed by atoms with Crippen molar-refractivity contribution in [2.75, 3.05) is 26.1 Å². The third kappa shape index (κ3) is 7.11. The van der Waals surface area contributed by atoms with Gasteiger partial charge in [-0.25, -0.2) is 4.99 Å². The summed E-state index contributed by atoms with van der Waals surface area (Å²) >= 11 is 1.04. The Morgan fingerprint density at radius 2 is 1.77 bits per heavy atom. The molecule has 1 heterocycles. The number of hydrogen-bond acceptors (Lipinski definition) is 6. The van der Waals surface area contributed by atoms with Crippen LogP contribution in [-0.4, -0.2) is 47.9 Å². The number of hydrogen-bond donors (Lipinski definition) is 1. The summed E-state index contributed by atoms with van der Waals surface area (Å²) in [6, 6.07) is 18.7. The van der Waals surface area contributed by atoms with Gasteiger partial charge >= 0.3 is 6.18 Å². The largest absolute Gasteiger partial charge is 0.493 e. The van der Waals surface area contributed by atoms with E-state index in [0.29, 0.717) is 23.6 Å². The molecule has 7 nitrogen and oxygen atoms in total. The highest BCUT2D eigenvalue weighted by Crippen LogP contribution is 2.34. The van der Waals surface area contributed by atoms with Crippen LogP contribution in [0, 0.1) is 0 Å². The van der Waals surface area contributed by atoms with Crippen LogP contribution in [0.2, 0.25) is 0 Å². The number of halogens is 3. The molecule has 2 amide bonds. The Morgan fingerprint density at radius 3 is 2.46 bits per heavy atom. The Morgan fingerprint density at radius 1 is 1.03 bits per heavy atom. The molecule has 0 aliphatic carbocycles. The molecule has 1 atom stereocenters. The molecule has 39 heavy (non-hydrogen) atoms. The van der Waals surface area contributed by atoms with E-state index in [4.69, 9.17) is 9.47 Å². The van der Waals surface area contributed by atoms with Crippen molar-refractivity contribution in [1.29, 1.82) is 0 Å². The van der Waals surface area contributed by atoms with Crippen LogP contribution < -0.4 is 14.8 Å². The van der Waals surface area contributed by atoms with Crippen molar-refractivity contribution >= 4 is 40.1 Å². The molecule has 0 saturated carbocycles. The lowest BCUT2D eigenvalue weighted by Gasteiger charge is -2.32. The third-order valence-electron chi connectivity index (χ3n) is 5.94. The molecule has 4 rings (SSSR count). The van der Waals surface area contributed by atoms with Gasteiger partial charge in [0.1, 0.15) is 5.25 Å². The summed E-state index contributed by atoms with van der Waals surface area (Å²) < 4.78 is 50.5. The van der Waals surface area contributed by atoms with Crippen LogP contribution in [0.3, 0.4) is 0 Å². The third-order valence-corrected chi connectivity index (χ3v) is 7.13. The Hall–Kier alpha value is -3.99. The lowest BCUT2D eigenvalue weighted by molar-refractivity contribution is -0.137. The molecule has 0 spiro atoms. The number of methoxy groups -OCH3 is 2. The van der Waals surface area contributed by atoms with Crippen molar-refractivity contribution in [2.45, 2.75) is 24.3 Å². The van der Waals surface area contributed by atoms with Crippen LogP contribution in [0.25, 0.3) is 0 Å². The molecule has 0 bridgehead atoms. The normalized spacial score (nSPS) is 16.7. The summed E-state index contributed by atoms with van der Waals surface area (Å²) in [5, 5.41) is 2.13. The van der Waals surface area contributed by atoms with E-state index in [0.717, 1.165) is 29.5 Å². The summed E-state index contributed by atoms with van der Waals surface area (Å²) in [5.74, 6) is 0.346. The highest BCUT2D eigenvalue weighted by atomic mass is 32.2. The number of aliphatic imine (C=N–C) groups is 1. The number of amides is 2. The predicted octanol–water partition coefficient (Wildman–Crippen LogP) is 5.93. The zero-order valence-corrected chi connectivity index (χ0v) is 22.0. The maximum Gasteiger partial charge on any atom is 0.416 e. The number of carbonyl (C=O) groups is 2. The molecule has 0 radical (unpaired) electrons. The Balaban J connectivity index is 1.60. The van der Waals surface area contributed by atoms with Gasteiger partial charge in [0.05, 0.1) is 25.5 Å². The molecule has 204 valence electrons. The van der Waals surface area contributed by atoms with Crippen LogP contribution >= 0.6 is 11.8 Å². The van der Waals surface area contributed by atoms with Gasteiger partial charge in [-0.3, -0.25) is 14.5 Å². The summed E-state index contributed by atoms with van der Waals surface area (Å²) in [6.07, 6.45) is -4.22. The number of amidine groups is 1. The SMILES string of the molecule is COc1ccc(CCN2C(=O)C[C@@H](C(=O)Nc3ccccc3)SC2=Nc2cccc(C(F)(F)F)c2)cc1OC. The zero-order valence-electron chi connectivity index (χ0n) is 21.2. The number of anilines is 1. The predicted molar refractivity (Wildman–Crippen MR) is 145 cm³/mol. The standard InChI is InChI=1S/C28H26F3N3O4S/c1-37-22-12-11-18(15-23(22)38-2)13-14-34-25(35)17-24(26(36)32-20-8-4-3-5-9-20)39-27(34)33-21-10-6-7-19(16-21)28(29,30)31/h3-12,15-16,24H,13-14,17H2,1-2H3,(H,32,36)/t24-/m0/s1. The minimum Gasteiger partial charge on any atom is -0.493 e. The molecule has 1 N–H and O–H groups in total. The van der Waals surface area contributed by atoms with Gasteiger partial charge in [-0.1, -0.05) is 42.1 Å². The lowest BCUT2D eigenvalue weighted by atomic mass is 10.1. The second kappa shape index (κ2) is 12.2. The average molecular weight is 558 g/mol. The van der Waals surface area contributed by atoms with Crippen LogP contribution in [0.15, 0.2) is 77.8 Å². The van der Waals surface area contributed by atoms with Crippen molar-refractivity contribution < 1.29 is 32.2 Å². The first-order valence-corrected chi connectivity index (χ1v) is 12.9. The van der Waals surface area contributed by atoms with Gasteiger partial charge < -0.3 is 14.8 Å². The van der Waals surface area contributed by atoms with E-state index in [9.17, 15) is 22.8 Å². The lowest BCUT2D eigenvalue weighted by Crippen LogP contribution is -2.46. The van der Waals surface area contributed by atoms with Crippen LogP contribution in [-0.2, 0) is 22.2 Å². The number of nitrogens with zero attached hydrogens (tertiary/aromatic N) is 2. The maximum atomic E-state index is 13.3. The first kappa shape index (κ1) is 28.0. The smallest absolute Gasteiger partial charge is 0.416 e. The minimum absolute atomic E-state index is 0.0281. The number of carbonyl (C=O) groups excluding carboxylic acids is 2. The number of para-hydroxylation sites is 1. The van der Waals surface area contributed by atoms with Crippen molar-refractivity contribution in [1.82, 2.24) is 4.90 Å². The highest BCUT2D eigenvalue weighted by molar-refractivity contribution is 8.15. The van der Waals surface area contributed by atoms with Gasteiger partial charge in [0.2, 0.25) is 11.8 Å². The second-order valence-corrected chi connectivity index (χ2v) is 9.76. The van der Waals surface area contributed by atoms with E-state index < -0.39 is 22.9 Å². The number of nitrogens with one attached hydrogen (secondary N) is 1. The van der Waals surface area contributed by atoms with E-state index in [2.05, 4.69) is 10.3 Å². The monoisotopic (exact) mass is 557 g/mol. The van der Waals surface area contributed by atoms with Crippen molar-refractivity contribution in [3.63, 3.8) is 0 Å². The first-order valence-electron chi connectivity index (χ1n) is 12.0. The van der Waals surface area contributed by atoms with Gasteiger partial charge in [-0.05, 0) is 54.4 Å². The number of alkyl halides is 3. The van der Waals surface area contributed by atoms with E-state index in [1.54, 1.807) is 36.4 Å². The average Bonchev–Trinajstić information content (AvgIpc) is 2.92. The maximum absolute atomic E-state index is 13.3. The van der Waals surface area contributed by atoms with Crippen molar-refractivity contribution in [3.05, 3.63) is 83.9 Å². The van der Waals surface area contributed by atoms with E-state index in [1.165, 1.54) is 31.3 Å². The highest BCUT2D eigenvalue weighted by Gasteiger charge is 2.36. The van der Waals surface area contributed by atoms with Gasteiger partial charge in [0.15, 0.2) is 16.7 Å². The van der Waals surface area contributed by atoms with Crippen LogP contribution in [0.5, 0.6) is 11.5 Å². The quantitative estimate of drug-likeness (QED) is 0.372. The molecule has 1 aliphatic heterocycles. The minimum atomic E-state index is -4.54. The zero-order chi connectivity index (χ0) is 28.0. The molecule has 11 heteroatoms. The Labute approximate surface area is 228 Å². The molecule has 0 aromatic heterocycles. The summed E-state index contributed by atoms with van der Waals surface area (Å²) in [7, 11) is 3.05.